The Morgan fingerprint density at radius 1 is 1.00 bits per heavy atom. The summed E-state index contributed by atoms with van der Waals surface area (Å²) in [4.78, 5) is 39.7. The first-order chi connectivity index (χ1) is 21.3. The fraction of sp³-hybridized carbons (Fsp3) is 0.344. The number of hydrogen-bond donors (Lipinski definition) is 4. The smallest absolute Gasteiger partial charge is 0.409 e. The lowest BCUT2D eigenvalue weighted by atomic mass is 10.00. The Balaban J connectivity index is 1.85. The summed E-state index contributed by atoms with van der Waals surface area (Å²) in [6.07, 6.45) is -0.258. The molecule has 1 aliphatic rings. The molecule has 240 valence electrons. The summed E-state index contributed by atoms with van der Waals surface area (Å²) in [5.74, 6) is -0.129. The van der Waals surface area contributed by atoms with E-state index in [2.05, 4.69) is 10.6 Å². The number of aryl methyl sites for hydroxylation is 1. The normalized spacial score (nSPS) is 15.4. The number of anilines is 2. The highest BCUT2D eigenvalue weighted by Crippen LogP contribution is 2.41. The standard InChI is InChI=1S/C32H38N4O8S/c1-18(2)45(41,42)28-13-11-22(34-32(39)40)17-23(28)25-7-6-14-36(25)31(38)29(20-10-12-26(43-4)27(16-20)44-5)35-24-15-21(30(33)37)9-8-19(24)3/h8-13,15-18,25,29,34-35H,6-7,14H2,1-5H3,(H2,33,37)(H,39,40)/t25-,29+/m1/s1. The molecular formula is C32H38N4O8S. The topological polar surface area (TPSA) is 177 Å². The minimum absolute atomic E-state index is 0.0405. The third kappa shape index (κ3) is 6.98. The van der Waals surface area contributed by atoms with Gasteiger partial charge in [-0.05, 0) is 92.8 Å². The third-order valence-corrected chi connectivity index (χ3v) is 10.1. The zero-order chi connectivity index (χ0) is 33.1. The number of methoxy groups -OCH3 is 2. The number of amides is 3. The van der Waals surface area contributed by atoms with Gasteiger partial charge in [-0.1, -0.05) is 12.1 Å². The van der Waals surface area contributed by atoms with Crippen LogP contribution in [0.1, 0.15) is 65.8 Å². The Morgan fingerprint density at radius 2 is 1.71 bits per heavy atom. The molecule has 12 nitrogen and oxygen atoms in total. The summed E-state index contributed by atoms with van der Waals surface area (Å²) in [6, 6.07) is 12.6. The van der Waals surface area contributed by atoms with Gasteiger partial charge in [0.2, 0.25) is 11.8 Å². The van der Waals surface area contributed by atoms with Crippen LogP contribution < -0.4 is 25.8 Å². The quantitative estimate of drug-likeness (QED) is 0.227. The zero-order valence-corrected chi connectivity index (χ0v) is 26.6. The average Bonchev–Trinajstić information content (AvgIpc) is 3.49. The number of primary amides is 1. The van der Waals surface area contributed by atoms with E-state index in [1.807, 2.05) is 6.92 Å². The van der Waals surface area contributed by atoms with E-state index < -0.39 is 39.2 Å². The minimum atomic E-state index is -3.80. The van der Waals surface area contributed by atoms with Crippen LogP contribution in [0.4, 0.5) is 16.2 Å². The first-order valence-electron chi connectivity index (χ1n) is 14.4. The van der Waals surface area contributed by atoms with Crippen molar-refractivity contribution in [3.63, 3.8) is 0 Å². The largest absolute Gasteiger partial charge is 0.493 e. The van der Waals surface area contributed by atoms with Crippen molar-refractivity contribution >= 4 is 39.1 Å². The van der Waals surface area contributed by atoms with E-state index >= 15 is 0 Å². The maximum absolute atomic E-state index is 14.6. The van der Waals surface area contributed by atoms with Gasteiger partial charge in [-0.3, -0.25) is 14.9 Å². The number of ether oxygens (including phenoxy) is 2. The van der Waals surface area contributed by atoms with Gasteiger partial charge in [-0.15, -0.1) is 0 Å². The summed E-state index contributed by atoms with van der Waals surface area (Å²) >= 11 is 0. The van der Waals surface area contributed by atoms with Gasteiger partial charge in [0, 0.05) is 23.5 Å². The Hall–Kier alpha value is -4.78. The Morgan fingerprint density at radius 3 is 2.33 bits per heavy atom. The molecular weight excluding hydrogens is 600 g/mol. The molecule has 3 amide bonds. The molecule has 1 saturated heterocycles. The fourth-order valence-electron chi connectivity index (χ4n) is 5.45. The van der Waals surface area contributed by atoms with Crippen molar-refractivity contribution in [1.82, 2.24) is 4.90 Å². The van der Waals surface area contributed by atoms with Gasteiger partial charge in [0.1, 0.15) is 6.04 Å². The van der Waals surface area contributed by atoms with Crippen molar-refractivity contribution in [3.05, 3.63) is 76.9 Å². The summed E-state index contributed by atoms with van der Waals surface area (Å²) < 4.78 is 37.8. The molecule has 1 heterocycles. The number of hydrogen-bond acceptors (Lipinski definition) is 8. The van der Waals surface area contributed by atoms with Crippen molar-refractivity contribution in [2.45, 2.75) is 55.8 Å². The molecule has 1 fully saturated rings. The van der Waals surface area contributed by atoms with E-state index in [0.29, 0.717) is 47.7 Å². The number of nitrogens with two attached hydrogens (primary N) is 1. The van der Waals surface area contributed by atoms with E-state index in [0.717, 1.165) is 5.56 Å². The molecule has 2 atom stereocenters. The van der Waals surface area contributed by atoms with Gasteiger partial charge < -0.3 is 30.5 Å². The zero-order valence-electron chi connectivity index (χ0n) is 25.8. The molecule has 45 heavy (non-hydrogen) atoms. The van der Waals surface area contributed by atoms with Gasteiger partial charge in [0.05, 0.1) is 30.4 Å². The van der Waals surface area contributed by atoms with E-state index in [-0.39, 0.29) is 22.1 Å². The second-order valence-electron chi connectivity index (χ2n) is 11.1. The average molecular weight is 639 g/mol. The molecule has 1 aliphatic heterocycles. The molecule has 0 radical (unpaired) electrons. The van der Waals surface area contributed by atoms with E-state index in [1.165, 1.54) is 32.4 Å². The summed E-state index contributed by atoms with van der Waals surface area (Å²) in [6.45, 7) is 5.29. The van der Waals surface area contributed by atoms with Crippen molar-refractivity contribution in [1.29, 1.82) is 0 Å². The molecule has 13 heteroatoms. The third-order valence-electron chi connectivity index (χ3n) is 7.89. The monoisotopic (exact) mass is 638 g/mol. The van der Waals surface area contributed by atoms with Crippen molar-refractivity contribution in [3.8, 4) is 11.5 Å². The van der Waals surface area contributed by atoms with Crippen LogP contribution in [0.15, 0.2) is 59.5 Å². The molecule has 0 bridgehead atoms. The summed E-state index contributed by atoms with van der Waals surface area (Å²) in [5, 5.41) is 14.2. The molecule has 3 aromatic rings. The second kappa shape index (κ2) is 13.5. The summed E-state index contributed by atoms with van der Waals surface area (Å²) in [5.41, 5.74) is 8.11. The van der Waals surface area contributed by atoms with Crippen LogP contribution in [0.2, 0.25) is 0 Å². The molecule has 4 rings (SSSR count). The van der Waals surface area contributed by atoms with E-state index in [4.69, 9.17) is 15.2 Å². The highest BCUT2D eigenvalue weighted by atomic mass is 32.2. The number of nitrogens with one attached hydrogen (secondary N) is 2. The number of rotatable bonds is 11. The highest BCUT2D eigenvalue weighted by Gasteiger charge is 2.38. The molecule has 0 spiro atoms. The van der Waals surface area contributed by atoms with E-state index in [1.54, 1.807) is 55.1 Å². The summed E-state index contributed by atoms with van der Waals surface area (Å²) in [7, 11) is -0.813. The van der Waals surface area contributed by atoms with Crippen LogP contribution in [0.25, 0.3) is 0 Å². The fourth-order valence-corrected chi connectivity index (χ4v) is 6.74. The van der Waals surface area contributed by atoms with Crippen LogP contribution in [-0.4, -0.2) is 62.3 Å². The number of nitrogens with zero attached hydrogens (tertiary/aromatic N) is 1. The number of carboxylic acid groups (broad SMARTS) is 1. The van der Waals surface area contributed by atoms with Crippen molar-refractivity contribution < 1.29 is 37.4 Å². The molecule has 3 aromatic carbocycles. The Labute approximate surface area is 262 Å². The van der Waals surface area contributed by atoms with E-state index in [9.17, 15) is 27.9 Å². The van der Waals surface area contributed by atoms with Crippen LogP contribution in [-0.2, 0) is 14.6 Å². The van der Waals surface area contributed by atoms with Gasteiger partial charge in [-0.2, -0.15) is 0 Å². The Kier molecular flexibility index (Phi) is 9.91. The number of carbonyl (C=O) groups excluding carboxylic acids is 2. The highest BCUT2D eigenvalue weighted by molar-refractivity contribution is 7.92. The predicted molar refractivity (Wildman–Crippen MR) is 170 cm³/mol. The minimum Gasteiger partial charge on any atom is -0.493 e. The predicted octanol–water partition coefficient (Wildman–Crippen LogP) is 4.90. The molecule has 0 unspecified atom stereocenters. The molecule has 0 aliphatic carbocycles. The van der Waals surface area contributed by atoms with Crippen LogP contribution in [0.3, 0.4) is 0 Å². The van der Waals surface area contributed by atoms with Crippen molar-refractivity contribution in [2.24, 2.45) is 5.73 Å². The molecule has 0 aromatic heterocycles. The maximum Gasteiger partial charge on any atom is 0.409 e. The Bertz CT molecular complexity index is 1720. The SMILES string of the molecule is COc1ccc([C@H](Nc2cc(C(N)=O)ccc2C)C(=O)N2CCC[C@@H]2c2cc(NC(=O)O)ccc2S(=O)(=O)C(C)C)cc1OC. The van der Waals surface area contributed by atoms with Crippen molar-refractivity contribution in [2.75, 3.05) is 31.4 Å². The van der Waals surface area contributed by atoms with Gasteiger partial charge in [0.15, 0.2) is 21.3 Å². The number of carbonyl (C=O) groups is 3. The van der Waals surface area contributed by atoms with Gasteiger partial charge in [0.25, 0.3) is 0 Å². The second-order valence-corrected chi connectivity index (χ2v) is 13.5. The lowest BCUT2D eigenvalue weighted by Gasteiger charge is -2.32. The first-order valence-corrected chi connectivity index (χ1v) is 15.9. The number of likely N-dealkylation sites (tertiary alicyclic amines) is 1. The van der Waals surface area contributed by atoms with Crippen LogP contribution >= 0.6 is 0 Å². The lowest BCUT2D eigenvalue weighted by molar-refractivity contribution is -0.133. The molecule has 0 saturated carbocycles. The van der Waals surface area contributed by atoms with Gasteiger partial charge in [-0.25, -0.2) is 13.2 Å². The molecule has 5 N–H and O–H groups in total. The van der Waals surface area contributed by atoms with Gasteiger partial charge >= 0.3 is 6.09 Å². The first kappa shape index (κ1) is 33.1. The number of sulfone groups is 1. The maximum atomic E-state index is 14.6. The lowest BCUT2D eigenvalue weighted by Crippen LogP contribution is -2.38. The number of benzene rings is 3. The van der Waals surface area contributed by atoms with Crippen LogP contribution in [0, 0.1) is 6.92 Å². The van der Waals surface area contributed by atoms with Crippen LogP contribution in [0.5, 0.6) is 11.5 Å².